The van der Waals surface area contributed by atoms with Gasteiger partial charge in [-0.05, 0) is 26.0 Å². The van der Waals surface area contributed by atoms with Gasteiger partial charge in [-0.15, -0.1) is 0 Å². The first kappa shape index (κ1) is 16.4. The van der Waals surface area contributed by atoms with Crippen molar-refractivity contribution in [2.75, 3.05) is 4.72 Å². The molecule has 0 amide bonds. The molecule has 0 fully saturated rings. The summed E-state index contributed by atoms with van der Waals surface area (Å²) in [6, 6.07) is 7.52. The summed E-state index contributed by atoms with van der Waals surface area (Å²) >= 11 is 0. The van der Waals surface area contributed by atoms with Crippen molar-refractivity contribution in [2.24, 2.45) is 7.05 Å². The molecule has 2 heterocycles. The van der Waals surface area contributed by atoms with Gasteiger partial charge in [0.25, 0.3) is 0 Å². The lowest BCUT2D eigenvalue weighted by molar-refractivity contribution is 0.591. The van der Waals surface area contributed by atoms with Crippen molar-refractivity contribution in [2.45, 2.75) is 19.6 Å². The van der Waals surface area contributed by atoms with E-state index in [4.69, 9.17) is 0 Å². The normalized spacial score (nSPS) is 11.8. The maximum atomic E-state index is 13.7. The summed E-state index contributed by atoms with van der Waals surface area (Å²) in [6.07, 6.45) is 0. The molecule has 126 valence electrons. The van der Waals surface area contributed by atoms with Crippen LogP contribution in [0.3, 0.4) is 0 Å². The highest BCUT2D eigenvalue weighted by molar-refractivity contribution is 7.91. The molecular formula is C16H17FN4O2S. The number of nitrogens with zero attached hydrogens (tertiary/aromatic N) is 3. The number of fused-ring (bicyclic) bond motifs is 1. The number of aromatic nitrogens is 3. The van der Waals surface area contributed by atoms with Crippen LogP contribution in [-0.4, -0.2) is 23.2 Å². The van der Waals surface area contributed by atoms with Gasteiger partial charge in [0.05, 0.1) is 22.8 Å². The van der Waals surface area contributed by atoms with E-state index < -0.39 is 21.6 Å². The number of nitrogens with one attached hydrogen (secondary N) is 1. The van der Waals surface area contributed by atoms with Crippen molar-refractivity contribution < 1.29 is 12.8 Å². The van der Waals surface area contributed by atoms with Crippen LogP contribution in [0, 0.1) is 19.7 Å². The number of benzene rings is 1. The van der Waals surface area contributed by atoms with Gasteiger partial charge in [-0.2, -0.15) is 5.10 Å². The maximum absolute atomic E-state index is 13.7. The van der Waals surface area contributed by atoms with Gasteiger partial charge in [-0.25, -0.2) is 17.8 Å². The van der Waals surface area contributed by atoms with Gasteiger partial charge < -0.3 is 0 Å². The Balaban J connectivity index is 1.95. The first-order valence-electron chi connectivity index (χ1n) is 7.32. The molecule has 0 aliphatic carbocycles. The van der Waals surface area contributed by atoms with Crippen LogP contribution in [0.1, 0.15) is 17.0 Å². The Bertz CT molecular complexity index is 1030. The van der Waals surface area contributed by atoms with Gasteiger partial charge in [0.2, 0.25) is 10.0 Å². The molecule has 24 heavy (non-hydrogen) atoms. The molecule has 0 bridgehead atoms. The topological polar surface area (TPSA) is 76.9 Å². The SMILES string of the molecule is Cc1nc2c(cc1NS(=O)(=O)Cc1ccccc1F)c(C)nn2C. The molecule has 1 N–H and O–H groups in total. The second-order valence-corrected chi connectivity index (χ2v) is 7.38. The Kier molecular flexibility index (Phi) is 4.00. The van der Waals surface area contributed by atoms with Gasteiger partial charge in [-0.3, -0.25) is 9.40 Å². The molecule has 6 nitrogen and oxygen atoms in total. The third-order valence-electron chi connectivity index (χ3n) is 3.76. The number of hydrogen-bond donors (Lipinski definition) is 1. The van der Waals surface area contributed by atoms with Crippen LogP contribution < -0.4 is 4.72 Å². The zero-order valence-corrected chi connectivity index (χ0v) is 14.4. The van der Waals surface area contributed by atoms with Crippen LogP contribution in [0.5, 0.6) is 0 Å². The lowest BCUT2D eigenvalue weighted by atomic mass is 10.2. The smallest absolute Gasteiger partial charge is 0.237 e. The minimum absolute atomic E-state index is 0.120. The van der Waals surface area contributed by atoms with Gasteiger partial charge in [0.15, 0.2) is 5.65 Å². The summed E-state index contributed by atoms with van der Waals surface area (Å²) in [5.41, 5.74) is 2.46. The highest BCUT2D eigenvalue weighted by Gasteiger charge is 2.17. The van der Waals surface area contributed by atoms with Gasteiger partial charge in [0.1, 0.15) is 5.82 Å². The summed E-state index contributed by atoms with van der Waals surface area (Å²) in [4.78, 5) is 4.40. The molecule has 0 unspecified atom stereocenters. The lowest BCUT2D eigenvalue weighted by Gasteiger charge is -2.11. The first-order chi connectivity index (χ1) is 11.3. The van der Waals surface area contributed by atoms with Crippen molar-refractivity contribution in [3.8, 4) is 0 Å². The molecule has 0 atom stereocenters. The standard InChI is InChI=1S/C16H17FN4O2S/c1-10-13-8-15(11(2)18-16(13)21(3)19-10)20-24(22,23)9-12-6-4-5-7-14(12)17/h4-8,20H,9H2,1-3H3. The van der Waals surface area contributed by atoms with Crippen molar-refractivity contribution in [3.05, 3.63) is 53.1 Å². The van der Waals surface area contributed by atoms with Gasteiger partial charge >= 0.3 is 0 Å². The quantitative estimate of drug-likeness (QED) is 0.786. The van der Waals surface area contributed by atoms with E-state index in [1.165, 1.54) is 18.2 Å². The van der Waals surface area contributed by atoms with Crippen LogP contribution in [0.25, 0.3) is 11.0 Å². The summed E-state index contributed by atoms with van der Waals surface area (Å²) in [5.74, 6) is -0.986. The van der Waals surface area contributed by atoms with E-state index in [1.807, 2.05) is 6.92 Å². The Morgan fingerprint density at radius 3 is 2.62 bits per heavy atom. The average Bonchev–Trinajstić information content (AvgIpc) is 2.76. The van der Waals surface area contributed by atoms with Crippen molar-refractivity contribution >= 4 is 26.7 Å². The van der Waals surface area contributed by atoms with Gasteiger partial charge in [-0.1, -0.05) is 18.2 Å². The number of rotatable bonds is 4. The predicted octanol–water partition coefficient (Wildman–Crippen LogP) is 2.67. The van der Waals surface area contributed by atoms with Crippen LogP contribution in [0.2, 0.25) is 0 Å². The van der Waals surface area contributed by atoms with E-state index in [-0.39, 0.29) is 5.56 Å². The summed E-state index contributed by atoms with van der Waals surface area (Å²) in [5, 5.41) is 5.05. The molecule has 0 saturated heterocycles. The van der Waals surface area contributed by atoms with Crippen LogP contribution in [-0.2, 0) is 22.8 Å². The van der Waals surface area contributed by atoms with E-state index >= 15 is 0 Å². The molecule has 3 rings (SSSR count). The number of pyridine rings is 1. The van der Waals surface area contributed by atoms with Crippen molar-refractivity contribution in [1.29, 1.82) is 0 Å². The number of sulfonamides is 1. The van der Waals surface area contributed by atoms with Gasteiger partial charge in [0, 0.05) is 18.0 Å². The molecule has 0 saturated carbocycles. The average molecular weight is 348 g/mol. The minimum atomic E-state index is -3.76. The monoisotopic (exact) mass is 348 g/mol. The Labute approximate surface area is 139 Å². The van der Waals surface area contributed by atoms with E-state index in [1.54, 1.807) is 30.8 Å². The van der Waals surface area contributed by atoms with Crippen molar-refractivity contribution in [3.63, 3.8) is 0 Å². The number of anilines is 1. The molecule has 0 aliphatic heterocycles. The molecule has 1 aromatic carbocycles. The second-order valence-electron chi connectivity index (χ2n) is 5.65. The fourth-order valence-electron chi connectivity index (χ4n) is 2.56. The Morgan fingerprint density at radius 2 is 1.92 bits per heavy atom. The summed E-state index contributed by atoms with van der Waals surface area (Å²) in [7, 11) is -1.98. The maximum Gasteiger partial charge on any atom is 0.237 e. The predicted molar refractivity (Wildman–Crippen MR) is 90.6 cm³/mol. The highest BCUT2D eigenvalue weighted by atomic mass is 32.2. The molecule has 0 radical (unpaired) electrons. The molecular weight excluding hydrogens is 331 g/mol. The molecule has 0 spiro atoms. The second kappa shape index (κ2) is 5.86. The highest BCUT2D eigenvalue weighted by Crippen LogP contribution is 2.24. The van der Waals surface area contributed by atoms with E-state index in [9.17, 15) is 12.8 Å². The molecule has 0 aliphatic rings. The number of aryl methyl sites for hydroxylation is 3. The third-order valence-corrected chi connectivity index (χ3v) is 4.98. The van der Waals surface area contributed by atoms with E-state index in [0.717, 1.165) is 11.1 Å². The largest absolute Gasteiger partial charge is 0.281 e. The van der Waals surface area contributed by atoms with E-state index in [2.05, 4.69) is 14.8 Å². The van der Waals surface area contributed by atoms with Crippen LogP contribution >= 0.6 is 0 Å². The van der Waals surface area contributed by atoms with Crippen LogP contribution in [0.15, 0.2) is 30.3 Å². The number of hydrogen-bond acceptors (Lipinski definition) is 4. The lowest BCUT2D eigenvalue weighted by Crippen LogP contribution is -2.17. The Morgan fingerprint density at radius 1 is 1.21 bits per heavy atom. The fraction of sp³-hybridized carbons (Fsp3) is 0.250. The zero-order valence-electron chi connectivity index (χ0n) is 13.5. The summed E-state index contributed by atoms with van der Waals surface area (Å²) < 4.78 is 42.6. The van der Waals surface area contributed by atoms with Crippen molar-refractivity contribution in [1.82, 2.24) is 14.8 Å². The Hall–Kier alpha value is -2.48. The number of halogens is 1. The van der Waals surface area contributed by atoms with E-state index in [0.29, 0.717) is 17.0 Å². The molecule has 3 aromatic rings. The first-order valence-corrected chi connectivity index (χ1v) is 8.97. The molecule has 2 aromatic heterocycles. The fourth-order valence-corrected chi connectivity index (χ4v) is 3.82. The molecule has 8 heteroatoms. The van der Waals surface area contributed by atoms with Crippen LogP contribution in [0.4, 0.5) is 10.1 Å². The minimum Gasteiger partial charge on any atom is -0.281 e. The summed E-state index contributed by atoms with van der Waals surface area (Å²) in [6.45, 7) is 3.54. The third kappa shape index (κ3) is 3.09. The zero-order chi connectivity index (χ0) is 17.5.